The first-order valence-corrected chi connectivity index (χ1v) is 14.1. The molecule has 1 atom stereocenters. The largest absolute Gasteiger partial charge is 0.280 e. The first-order valence-electron chi connectivity index (χ1n) is 11.8. The van der Waals surface area contributed by atoms with Crippen molar-refractivity contribution in [1.82, 2.24) is 4.57 Å². The van der Waals surface area contributed by atoms with Crippen LogP contribution in [0.4, 0.5) is 5.69 Å². The number of nitrogens with one attached hydrogen (secondary N) is 1. The van der Waals surface area contributed by atoms with Crippen LogP contribution in [0.2, 0.25) is 0 Å². The van der Waals surface area contributed by atoms with Gasteiger partial charge in [-0.25, -0.2) is 8.42 Å². The number of fused-ring (bicyclic) bond motifs is 3. The summed E-state index contributed by atoms with van der Waals surface area (Å²) < 4.78 is 29.8. The van der Waals surface area contributed by atoms with E-state index in [1.54, 1.807) is 36.4 Å². The van der Waals surface area contributed by atoms with Crippen molar-refractivity contribution in [2.45, 2.75) is 35.3 Å². The van der Waals surface area contributed by atoms with Crippen molar-refractivity contribution >= 4 is 55.2 Å². The molecule has 0 spiro atoms. The fraction of sp³-hybridized carbons (Fsp3) is 0.138. The quantitative estimate of drug-likeness (QED) is 0.235. The normalized spacial score (nSPS) is 12.6. The average Bonchev–Trinajstić information content (AvgIpc) is 3.22. The fourth-order valence-electron chi connectivity index (χ4n) is 4.31. The van der Waals surface area contributed by atoms with Crippen LogP contribution < -0.4 is 4.72 Å². The Bertz CT molecular complexity index is 1600. The van der Waals surface area contributed by atoms with E-state index in [9.17, 15) is 13.2 Å². The summed E-state index contributed by atoms with van der Waals surface area (Å²) in [6.07, 6.45) is 0.659. The number of hydrogen-bond donors (Lipinski definition) is 1. The van der Waals surface area contributed by atoms with Crippen molar-refractivity contribution in [2.24, 2.45) is 0 Å². The molecule has 36 heavy (non-hydrogen) atoms. The monoisotopic (exact) mass is 514 g/mol. The van der Waals surface area contributed by atoms with Gasteiger partial charge in [-0.2, -0.15) is 0 Å². The van der Waals surface area contributed by atoms with Crippen molar-refractivity contribution in [1.29, 1.82) is 0 Å². The Kier molecular flexibility index (Phi) is 6.60. The molecule has 1 heterocycles. The van der Waals surface area contributed by atoms with Crippen LogP contribution in [0.25, 0.3) is 21.8 Å². The zero-order chi connectivity index (χ0) is 25.3. The van der Waals surface area contributed by atoms with E-state index in [-0.39, 0.29) is 16.1 Å². The molecule has 182 valence electrons. The van der Waals surface area contributed by atoms with Crippen LogP contribution in [0, 0.1) is 6.92 Å². The highest BCUT2D eigenvalue weighted by Crippen LogP contribution is 2.33. The summed E-state index contributed by atoms with van der Waals surface area (Å²) in [5, 5.41) is 1.83. The molecule has 7 heteroatoms. The number of rotatable bonds is 7. The predicted molar refractivity (Wildman–Crippen MR) is 148 cm³/mol. The molecule has 1 N–H and O–H groups in total. The van der Waals surface area contributed by atoms with E-state index in [1.165, 1.54) is 11.8 Å². The lowest BCUT2D eigenvalue weighted by atomic mass is 10.2. The highest BCUT2D eigenvalue weighted by Gasteiger charge is 2.24. The predicted octanol–water partition coefficient (Wildman–Crippen LogP) is 7.11. The van der Waals surface area contributed by atoms with Gasteiger partial charge in [0.25, 0.3) is 10.0 Å². The van der Waals surface area contributed by atoms with Gasteiger partial charge in [0.05, 0.1) is 21.2 Å². The van der Waals surface area contributed by atoms with Gasteiger partial charge in [-0.1, -0.05) is 61.0 Å². The molecule has 4 aromatic carbocycles. The number of benzene rings is 4. The van der Waals surface area contributed by atoms with Crippen LogP contribution in [0.1, 0.15) is 23.7 Å². The Morgan fingerprint density at radius 3 is 1.94 bits per heavy atom. The lowest BCUT2D eigenvalue weighted by Crippen LogP contribution is -2.23. The smallest absolute Gasteiger partial charge is 0.261 e. The number of carbonyl (C=O) groups excluding carboxylic acids is 1. The summed E-state index contributed by atoms with van der Waals surface area (Å²) in [6, 6.07) is 29.8. The zero-order valence-corrected chi connectivity index (χ0v) is 21.6. The number of anilines is 1. The van der Waals surface area contributed by atoms with Crippen molar-refractivity contribution in [2.75, 3.05) is 4.72 Å². The standard InChI is InChI=1S/C29H26N2O3S2/c1-3-28(29(32)31-26-10-6-4-8-24(26)25-9-5-7-11-27(25)31)35-22-16-14-21(15-17-22)30-36(33,34)23-18-12-20(2)13-19-23/h4-19,28,30H,3H2,1-2H3. The summed E-state index contributed by atoms with van der Waals surface area (Å²) in [5.74, 6) is 0.0315. The second-order valence-corrected chi connectivity index (χ2v) is 11.6. The van der Waals surface area contributed by atoms with E-state index < -0.39 is 10.0 Å². The van der Waals surface area contributed by atoms with Crippen LogP contribution >= 0.6 is 11.8 Å². The Morgan fingerprint density at radius 1 is 0.833 bits per heavy atom. The number of thioether (sulfide) groups is 1. The molecule has 0 amide bonds. The Balaban J connectivity index is 1.37. The van der Waals surface area contributed by atoms with Gasteiger partial charge >= 0.3 is 0 Å². The number of aryl methyl sites for hydroxylation is 1. The summed E-state index contributed by atoms with van der Waals surface area (Å²) >= 11 is 1.49. The number of nitrogens with zero attached hydrogens (tertiary/aromatic N) is 1. The van der Waals surface area contributed by atoms with Gasteiger partial charge in [0, 0.05) is 21.4 Å². The Labute approximate surface area is 215 Å². The van der Waals surface area contributed by atoms with E-state index in [2.05, 4.69) is 4.72 Å². The molecule has 5 aromatic rings. The maximum atomic E-state index is 13.8. The molecule has 1 aromatic heterocycles. The summed E-state index contributed by atoms with van der Waals surface area (Å²) in [5.41, 5.74) is 3.28. The maximum Gasteiger partial charge on any atom is 0.261 e. The third kappa shape index (κ3) is 4.64. The number of para-hydroxylation sites is 2. The third-order valence-corrected chi connectivity index (χ3v) is 8.92. The van der Waals surface area contributed by atoms with Crippen molar-refractivity contribution in [3.63, 3.8) is 0 Å². The molecule has 0 radical (unpaired) electrons. The topological polar surface area (TPSA) is 68.2 Å². The summed E-state index contributed by atoms with van der Waals surface area (Å²) in [4.78, 5) is 14.9. The SMILES string of the molecule is CCC(Sc1ccc(NS(=O)(=O)c2ccc(C)cc2)cc1)C(=O)n1c2ccccc2c2ccccc21. The number of sulfonamides is 1. The van der Waals surface area contributed by atoms with Crippen molar-refractivity contribution in [3.05, 3.63) is 103 Å². The molecular weight excluding hydrogens is 488 g/mol. The highest BCUT2D eigenvalue weighted by atomic mass is 32.2. The molecule has 0 aliphatic carbocycles. The molecule has 0 bridgehead atoms. The van der Waals surface area contributed by atoms with Gasteiger partial charge < -0.3 is 0 Å². The molecule has 1 unspecified atom stereocenters. The number of aromatic nitrogens is 1. The molecule has 0 saturated carbocycles. The van der Waals surface area contributed by atoms with Crippen molar-refractivity contribution < 1.29 is 13.2 Å². The minimum atomic E-state index is -3.67. The lowest BCUT2D eigenvalue weighted by molar-refractivity contribution is 0.0919. The van der Waals surface area contributed by atoms with E-state index >= 15 is 0 Å². The zero-order valence-electron chi connectivity index (χ0n) is 20.0. The van der Waals surface area contributed by atoms with E-state index in [4.69, 9.17) is 0 Å². The second-order valence-electron chi connectivity index (χ2n) is 8.67. The number of hydrogen-bond acceptors (Lipinski definition) is 4. The molecule has 0 aliphatic heterocycles. The van der Waals surface area contributed by atoms with E-state index in [0.29, 0.717) is 12.1 Å². The molecule has 5 rings (SSSR count). The van der Waals surface area contributed by atoms with Crippen LogP contribution in [0.15, 0.2) is 107 Å². The average molecular weight is 515 g/mol. The molecule has 0 fully saturated rings. The van der Waals surface area contributed by atoms with Gasteiger partial charge in [0.15, 0.2) is 0 Å². The Morgan fingerprint density at radius 2 is 1.39 bits per heavy atom. The van der Waals surface area contributed by atoms with E-state index in [0.717, 1.165) is 32.3 Å². The van der Waals surface area contributed by atoms with Crippen molar-refractivity contribution in [3.8, 4) is 0 Å². The minimum Gasteiger partial charge on any atom is -0.280 e. The van der Waals surface area contributed by atoms with Gasteiger partial charge in [-0.05, 0) is 61.9 Å². The lowest BCUT2D eigenvalue weighted by Gasteiger charge is -2.16. The van der Waals surface area contributed by atoms with Gasteiger partial charge in [0.2, 0.25) is 5.91 Å². The first-order chi connectivity index (χ1) is 17.4. The molecule has 5 nitrogen and oxygen atoms in total. The third-order valence-electron chi connectivity index (χ3n) is 6.16. The van der Waals surface area contributed by atoms with Crippen LogP contribution in [0.3, 0.4) is 0 Å². The molecule has 0 aliphatic rings. The van der Waals surface area contributed by atoms with E-state index in [1.807, 2.05) is 79.1 Å². The highest BCUT2D eigenvalue weighted by molar-refractivity contribution is 8.00. The van der Waals surface area contributed by atoms with Gasteiger partial charge in [-0.3, -0.25) is 14.1 Å². The van der Waals surface area contributed by atoms with Crippen LogP contribution in [0.5, 0.6) is 0 Å². The fourth-order valence-corrected chi connectivity index (χ4v) is 6.36. The molecule has 0 saturated heterocycles. The molecular formula is C29H26N2O3S2. The summed E-state index contributed by atoms with van der Waals surface area (Å²) in [6.45, 7) is 3.92. The number of carbonyl (C=O) groups is 1. The first kappa shape index (κ1) is 24.2. The summed E-state index contributed by atoms with van der Waals surface area (Å²) in [7, 11) is -3.67. The second kappa shape index (κ2) is 9.84. The maximum absolute atomic E-state index is 13.8. The van der Waals surface area contributed by atoms with Crippen LogP contribution in [-0.4, -0.2) is 24.1 Å². The van der Waals surface area contributed by atoms with Gasteiger partial charge in [-0.15, -0.1) is 11.8 Å². The van der Waals surface area contributed by atoms with Crippen LogP contribution in [-0.2, 0) is 10.0 Å². The Hall–Kier alpha value is -3.55. The van der Waals surface area contributed by atoms with Gasteiger partial charge in [0.1, 0.15) is 0 Å². The minimum absolute atomic E-state index is 0.0315.